The summed E-state index contributed by atoms with van der Waals surface area (Å²) in [5.41, 5.74) is 1.16. The van der Waals surface area contributed by atoms with Gasteiger partial charge in [0, 0.05) is 0 Å². The van der Waals surface area contributed by atoms with Crippen LogP contribution in [0.15, 0.2) is 36.4 Å². The fourth-order valence-corrected chi connectivity index (χ4v) is 3.58. The van der Waals surface area contributed by atoms with Crippen LogP contribution in [0.4, 0.5) is 0 Å². The fourth-order valence-electron chi connectivity index (χ4n) is 1.68. The minimum absolute atomic E-state index is 0.0752. The number of phenols is 1. The molecule has 0 heterocycles. The topological polar surface area (TPSA) is 83.8 Å². The molecule has 0 fully saturated rings. The maximum atomic E-state index is 11.9. The molecule has 2 aromatic rings. The zero-order chi connectivity index (χ0) is 16.3. The van der Waals surface area contributed by atoms with Gasteiger partial charge in [-0.25, -0.2) is 9.59 Å². The van der Waals surface area contributed by atoms with E-state index in [1.807, 2.05) is 45.2 Å². The van der Waals surface area contributed by atoms with E-state index in [0.29, 0.717) is 7.14 Å². The van der Waals surface area contributed by atoms with Crippen LogP contribution < -0.4 is 0 Å². The Balaban J connectivity index is 2.05. The van der Waals surface area contributed by atoms with Crippen LogP contribution in [0.1, 0.15) is 26.3 Å². The first-order valence-corrected chi connectivity index (χ1v) is 8.21. The minimum Gasteiger partial charge on any atom is -0.506 e. The normalized spacial score (nSPS) is 10.3. The van der Waals surface area contributed by atoms with Crippen LogP contribution in [0.5, 0.6) is 5.75 Å². The van der Waals surface area contributed by atoms with E-state index in [0.717, 1.165) is 5.56 Å². The number of esters is 1. The van der Waals surface area contributed by atoms with E-state index in [1.165, 1.54) is 24.3 Å². The van der Waals surface area contributed by atoms with Crippen molar-refractivity contribution in [3.05, 3.63) is 60.2 Å². The number of hydrogen-bond acceptors (Lipinski definition) is 4. The lowest BCUT2D eigenvalue weighted by molar-refractivity contribution is 0.0471. The molecule has 0 aliphatic rings. The number of benzene rings is 2. The number of carboxylic acids is 1. The van der Waals surface area contributed by atoms with Gasteiger partial charge in [0.15, 0.2) is 0 Å². The van der Waals surface area contributed by atoms with Crippen molar-refractivity contribution in [2.75, 3.05) is 0 Å². The Bertz CT molecular complexity index is 702. The number of phenolic OH excluding ortho intramolecular Hbond substituents is 1. The number of carboxylic acid groups (broad SMARTS) is 1. The molecule has 0 bridgehead atoms. The van der Waals surface area contributed by atoms with Crippen LogP contribution in [-0.4, -0.2) is 22.2 Å². The molecule has 22 heavy (non-hydrogen) atoms. The van der Waals surface area contributed by atoms with Gasteiger partial charge in [0.2, 0.25) is 0 Å². The SMILES string of the molecule is O=C(O)c1ccc(C(=O)OCc2cc(I)c(O)c(I)c2)cc1. The first kappa shape index (κ1) is 17.0. The number of hydrogen-bond donors (Lipinski definition) is 2. The van der Waals surface area contributed by atoms with Crippen molar-refractivity contribution in [1.82, 2.24) is 0 Å². The van der Waals surface area contributed by atoms with Crippen LogP contribution >= 0.6 is 45.2 Å². The molecule has 0 atom stereocenters. The molecular weight excluding hydrogens is 514 g/mol. The lowest BCUT2D eigenvalue weighted by atomic mass is 10.1. The quantitative estimate of drug-likeness (QED) is 0.472. The first-order chi connectivity index (χ1) is 10.4. The van der Waals surface area contributed by atoms with Gasteiger partial charge in [-0.05, 0) is 87.1 Å². The molecule has 0 saturated carbocycles. The predicted molar refractivity (Wildman–Crippen MR) is 96.1 cm³/mol. The monoisotopic (exact) mass is 524 g/mol. The number of aromatic hydroxyl groups is 1. The highest BCUT2D eigenvalue weighted by Crippen LogP contribution is 2.27. The molecule has 114 valence electrons. The van der Waals surface area contributed by atoms with Crippen LogP contribution in [0.2, 0.25) is 0 Å². The number of aromatic carboxylic acids is 1. The Morgan fingerprint density at radius 1 is 1.00 bits per heavy atom. The molecular formula is C15H10I2O5. The molecule has 2 N–H and O–H groups in total. The van der Waals surface area contributed by atoms with E-state index in [9.17, 15) is 14.7 Å². The van der Waals surface area contributed by atoms with Gasteiger partial charge in [-0.2, -0.15) is 0 Å². The van der Waals surface area contributed by atoms with Gasteiger partial charge in [-0.3, -0.25) is 0 Å². The van der Waals surface area contributed by atoms with E-state index < -0.39 is 11.9 Å². The summed E-state index contributed by atoms with van der Waals surface area (Å²) < 4.78 is 6.55. The second kappa shape index (κ2) is 7.27. The highest BCUT2D eigenvalue weighted by Gasteiger charge is 2.11. The van der Waals surface area contributed by atoms with Crippen molar-refractivity contribution in [3.63, 3.8) is 0 Å². The number of ether oxygens (including phenoxy) is 1. The Morgan fingerprint density at radius 3 is 2.00 bits per heavy atom. The van der Waals surface area contributed by atoms with Crippen molar-refractivity contribution in [2.45, 2.75) is 6.61 Å². The van der Waals surface area contributed by atoms with E-state index in [4.69, 9.17) is 9.84 Å². The molecule has 0 unspecified atom stereocenters. The number of rotatable bonds is 4. The smallest absolute Gasteiger partial charge is 0.338 e. The van der Waals surface area contributed by atoms with Crippen molar-refractivity contribution in [3.8, 4) is 5.75 Å². The number of carbonyl (C=O) groups is 2. The lowest BCUT2D eigenvalue weighted by Gasteiger charge is -2.08. The first-order valence-electron chi connectivity index (χ1n) is 6.06. The fraction of sp³-hybridized carbons (Fsp3) is 0.0667. The van der Waals surface area contributed by atoms with Crippen LogP contribution in [0.3, 0.4) is 0 Å². The summed E-state index contributed by atoms with van der Waals surface area (Å²) in [6, 6.07) is 9.00. The number of carbonyl (C=O) groups excluding carboxylic acids is 1. The molecule has 0 radical (unpaired) electrons. The molecule has 0 amide bonds. The average molecular weight is 524 g/mol. The third kappa shape index (κ3) is 4.09. The minimum atomic E-state index is -1.05. The van der Waals surface area contributed by atoms with Crippen molar-refractivity contribution < 1.29 is 24.5 Å². The zero-order valence-electron chi connectivity index (χ0n) is 11.0. The van der Waals surface area contributed by atoms with Gasteiger partial charge in [0.1, 0.15) is 12.4 Å². The average Bonchev–Trinajstić information content (AvgIpc) is 2.50. The van der Waals surface area contributed by atoms with E-state index in [-0.39, 0.29) is 23.5 Å². The lowest BCUT2D eigenvalue weighted by Crippen LogP contribution is -2.06. The van der Waals surface area contributed by atoms with Gasteiger partial charge < -0.3 is 14.9 Å². The third-order valence-corrected chi connectivity index (χ3v) is 4.46. The summed E-state index contributed by atoms with van der Waals surface area (Å²) >= 11 is 4.01. The van der Waals surface area contributed by atoms with E-state index >= 15 is 0 Å². The van der Waals surface area contributed by atoms with Gasteiger partial charge in [0.05, 0.1) is 18.3 Å². The molecule has 5 nitrogen and oxygen atoms in total. The molecule has 2 aromatic carbocycles. The van der Waals surface area contributed by atoms with Crippen molar-refractivity contribution in [2.24, 2.45) is 0 Å². The standard InChI is InChI=1S/C15H10I2O5/c16-11-5-8(6-12(17)13(11)18)7-22-15(21)10-3-1-9(2-4-10)14(19)20/h1-6,18H,7H2,(H,19,20). The molecule has 0 aliphatic carbocycles. The molecule has 7 heteroatoms. The van der Waals surface area contributed by atoms with Gasteiger partial charge in [-0.1, -0.05) is 0 Å². The molecule has 0 aliphatic heterocycles. The van der Waals surface area contributed by atoms with Gasteiger partial charge in [-0.15, -0.1) is 0 Å². The zero-order valence-corrected chi connectivity index (χ0v) is 15.4. The van der Waals surface area contributed by atoms with Crippen molar-refractivity contribution >= 4 is 57.1 Å². The van der Waals surface area contributed by atoms with Crippen LogP contribution in [0, 0.1) is 7.14 Å². The van der Waals surface area contributed by atoms with Gasteiger partial charge >= 0.3 is 11.9 Å². The summed E-state index contributed by atoms with van der Waals surface area (Å²) in [7, 11) is 0. The summed E-state index contributed by atoms with van der Waals surface area (Å²) in [5, 5.41) is 18.5. The molecule has 0 aromatic heterocycles. The van der Waals surface area contributed by atoms with E-state index in [2.05, 4.69) is 0 Å². The Hall–Kier alpha value is -1.36. The number of halogens is 2. The summed E-state index contributed by atoms with van der Waals surface area (Å²) in [5.74, 6) is -1.37. The predicted octanol–water partition coefficient (Wildman–Crippen LogP) is 3.66. The van der Waals surface area contributed by atoms with Crippen molar-refractivity contribution in [1.29, 1.82) is 0 Å². The van der Waals surface area contributed by atoms with Gasteiger partial charge in [0.25, 0.3) is 0 Å². The summed E-state index contributed by atoms with van der Waals surface area (Å²) in [6.07, 6.45) is 0. The Kier molecular flexibility index (Phi) is 5.62. The second-order valence-electron chi connectivity index (χ2n) is 4.37. The third-order valence-electron chi connectivity index (χ3n) is 2.81. The largest absolute Gasteiger partial charge is 0.506 e. The van der Waals surface area contributed by atoms with Crippen LogP contribution in [-0.2, 0) is 11.3 Å². The maximum absolute atomic E-state index is 11.9. The summed E-state index contributed by atoms with van der Waals surface area (Å²) in [6.45, 7) is 0.0752. The highest BCUT2D eigenvalue weighted by molar-refractivity contribution is 14.1. The summed E-state index contributed by atoms with van der Waals surface area (Å²) in [4.78, 5) is 22.7. The Labute approximate surface area is 153 Å². The Morgan fingerprint density at radius 2 is 1.50 bits per heavy atom. The second-order valence-corrected chi connectivity index (χ2v) is 6.69. The molecule has 0 saturated heterocycles. The highest BCUT2D eigenvalue weighted by atomic mass is 127. The molecule has 0 spiro atoms. The van der Waals surface area contributed by atoms with E-state index in [1.54, 1.807) is 12.1 Å². The maximum Gasteiger partial charge on any atom is 0.338 e. The molecule has 2 rings (SSSR count). The van der Waals surface area contributed by atoms with Crippen LogP contribution in [0.25, 0.3) is 0 Å².